The number of fused-ring (bicyclic) bond motifs is 1. The second kappa shape index (κ2) is 8.87. The monoisotopic (exact) mass is 370 g/mol. The number of ether oxygens (including phenoxy) is 2. The van der Waals surface area contributed by atoms with Crippen molar-refractivity contribution in [3.05, 3.63) is 18.2 Å². The highest BCUT2D eigenvalue weighted by molar-refractivity contribution is 7.89. The Hall–Kier alpha value is -1.31. The molecule has 0 amide bonds. The normalized spacial score (nSPS) is 14.5. The molecule has 25 heavy (non-hydrogen) atoms. The molecule has 0 saturated heterocycles. The van der Waals surface area contributed by atoms with Crippen LogP contribution in [0, 0.1) is 5.92 Å². The first-order valence-electron chi connectivity index (χ1n) is 9.00. The molecular weight excluding hydrogens is 340 g/mol. The van der Waals surface area contributed by atoms with Gasteiger partial charge in [-0.3, -0.25) is 0 Å². The third kappa shape index (κ3) is 5.09. The number of hydrogen-bond acceptors (Lipinski definition) is 5. The van der Waals surface area contributed by atoms with Crippen LogP contribution in [0.15, 0.2) is 23.1 Å². The average Bonchev–Trinajstić information content (AvgIpc) is 2.60. The van der Waals surface area contributed by atoms with Crippen LogP contribution in [0.3, 0.4) is 0 Å². The number of rotatable bonds is 9. The topological polar surface area (TPSA) is 59.1 Å². The third-order valence-electron chi connectivity index (χ3n) is 4.28. The van der Waals surface area contributed by atoms with Gasteiger partial charge in [0.2, 0.25) is 10.0 Å². The summed E-state index contributed by atoms with van der Waals surface area (Å²) in [5.74, 6) is 1.35. The Balaban J connectivity index is 2.24. The summed E-state index contributed by atoms with van der Waals surface area (Å²) in [6.07, 6.45) is 0. The lowest BCUT2D eigenvalue weighted by molar-refractivity contribution is 0.171. The number of likely N-dealkylation sites (N-methyl/N-ethyl adjacent to an activating group) is 1. The molecule has 0 saturated carbocycles. The van der Waals surface area contributed by atoms with E-state index in [1.165, 1.54) is 0 Å². The zero-order chi connectivity index (χ0) is 18.4. The van der Waals surface area contributed by atoms with E-state index in [4.69, 9.17) is 9.47 Å². The Labute approximate surface area is 151 Å². The molecule has 0 unspecified atom stereocenters. The van der Waals surface area contributed by atoms with Crippen LogP contribution in [0.5, 0.6) is 11.5 Å². The van der Waals surface area contributed by atoms with Crippen LogP contribution in [0.2, 0.25) is 0 Å². The lowest BCUT2D eigenvalue weighted by atomic mass is 10.2. The van der Waals surface area contributed by atoms with Gasteiger partial charge >= 0.3 is 0 Å². The van der Waals surface area contributed by atoms with Crippen molar-refractivity contribution in [1.82, 2.24) is 9.21 Å². The molecule has 0 fully saturated rings. The van der Waals surface area contributed by atoms with Gasteiger partial charge in [-0.15, -0.1) is 0 Å². The van der Waals surface area contributed by atoms with Gasteiger partial charge in [0.1, 0.15) is 13.2 Å². The van der Waals surface area contributed by atoms with Crippen LogP contribution in [0.25, 0.3) is 0 Å². The maximum absolute atomic E-state index is 13.2. The van der Waals surface area contributed by atoms with Gasteiger partial charge in [-0.25, -0.2) is 8.42 Å². The molecule has 7 heteroatoms. The summed E-state index contributed by atoms with van der Waals surface area (Å²) in [7, 11) is -3.57. The van der Waals surface area contributed by atoms with Gasteiger partial charge in [0, 0.05) is 25.7 Å². The van der Waals surface area contributed by atoms with Crippen molar-refractivity contribution in [3.63, 3.8) is 0 Å². The molecule has 1 aromatic carbocycles. The zero-order valence-corrected chi connectivity index (χ0v) is 16.5. The Morgan fingerprint density at radius 3 is 2.28 bits per heavy atom. The predicted octanol–water partition coefficient (Wildman–Crippen LogP) is 2.45. The molecule has 0 aliphatic carbocycles. The first-order chi connectivity index (χ1) is 11.9. The maximum atomic E-state index is 13.2. The summed E-state index contributed by atoms with van der Waals surface area (Å²) in [6, 6.07) is 4.86. The largest absolute Gasteiger partial charge is 0.486 e. The van der Waals surface area contributed by atoms with Crippen LogP contribution >= 0.6 is 0 Å². The van der Waals surface area contributed by atoms with E-state index in [9.17, 15) is 8.42 Å². The molecule has 0 atom stereocenters. The minimum atomic E-state index is -3.57. The molecule has 0 radical (unpaired) electrons. The number of sulfonamides is 1. The van der Waals surface area contributed by atoms with E-state index < -0.39 is 10.0 Å². The molecule has 0 spiro atoms. The molecule has 1 aliphatic heterocycles. The molecule has 0 N–H and O–H groups in total. The van der Waals surface area contributed by atoms with Crippen LogP contribution in [0.1, 0.15) is 27.7 Å². The van der Waals surface area contributed by atoms with Crippen LogP contribution in [0.4, 0.5) is 0 Å². The van der Waals surface area contributed by atoms with Crippen LogP contribution < -0.4 is 9.47 Å². The molecule has 1 aromatic rings. The lowest BCUT2D eigenvalue weighted by Gasteiger charge is -2.27. The molecular formula is C18H30N2O4S. The Morgan fingerprint density at radius 2 is 1.68 bits per heavy atom. The quantitative estimate of drug-likeness (QED) is 0.668. The van der Waals surface area contributed by atoms with E-state index in [1.807, 2.05) is 13.8 Å². The number of nitrogens with zero attached hydrogens (tertiary/aromatic N) is 2. The van der Waals surface area contributed by atoms with E-state index in [2.05, 4.69) is 18.7 Å². The fourth-order valence-corrected chi connectivity index (χ4v) is 4.45. The maximum Gasteiger partial charge on any atom is 0.243 e. The van der Waals surface area contributed by atoms with Crippen molar-refractivity contribution < 1.29 is 17.9 Å². The highest BCUT2D eigenvalue weighted by atomic mass is 32.2. The van der Waals surface area contributed by atoms with E-state index in [-0.39, 0.29) is 10.8 Å². The first kappa shape index (κ1) is 20.0. The fourth-order valence-electron chi connectivity index (χ4n) is 2.84. The smallest absolute Gasteiger partial charge is 0.243 e. The van der Waals surface area contributed by atoms with Crippen LogP contribution in [-0.4, -0.2) is 63.6 Å². The van der Waals surface area contributed by atoms with E-state index >= 15 is 0 Å². The van der Waals surface area contributed by atoms with Crippen molar-refractivity contribution in [1.29, 1.82) is 0 Å². The van der Waals surface area contributed by atoms with Gasteiger partial charge in [-0.05, 0) is 31.1 Å². The van der Waals surface area contributed by atoms with Crippen molar-refractivity contribution in [2.45, 2.75) is 32.6 Å². The minimum Gasteiger partial charge on any atom is -0.486 e. The standard InChI is InChI=1S/C18H30N2O4S/c1-5-19(6-2)9-10-20(14-15(3)4)25(21,22)16-7-8-17-18(13-16)24-12-11-23-17/h7-8,13,15H,5-6,9-12,14H2,1-4H3. The summed E-state index contributed by atoms with van der Waals surface area (Å²) >= 11 is 0. The molecule has 2 rings (SSSR count). The Kier molecular flexibility index (Phi) is 7.10. The van der Waals surface area contributed by atoms with Crippen molar-refractivity contribution in [2.24, 2.45) is 5.92 Å². The van der Waals surface area contributed by atoms with Gasteiger partial charge < -0.3 is 14.4 Å². The van der Waals surface area contributed by atoms with Gasteiger partial charge in [0.15, 0.2) is 11.5 Å². The Bertz CT molecular complexity index is 657. The highest BCUT2D eigenvalue weighted by Crippen LogP contribution is 2.33. The number of benzene rings is 1. The number of hydrogen-bond donors (Lipinski definition) is 0. The first-order valence-corrected chi connectivity index (χ1v) is 10.4. The van der Waals surface area contributed by atoms with E-state index in [0.717, 1.165) is 19.6 Å². The summed E-state index contributed by atoms with van der Waals surface area (Å²) in [6.45, 7) is 12.7. The van der Waals surface area contributed by atoms with Crippen molar-refractivity contribution in [3.8, 4) is 11.5 Å². The summed E-state index contributed by atoms with van der Waals surface area (Å²) < 4.78 is 38.9. The van der Waals surface area contributed by atoms with Crippen molar-refractivity contribution >= 4 is 10.0 Å². The van der Waals surface area contributed by atoms with Gasteiger partial charge in [0.25, 0.3) is 0 Å². The molecule has 0 bridgehead atoms. The molecule has 1 aliphatic rings. The van der Waals surface area contributed by atoms with Gasteiger partial charge in [0.05, 0.1) is 4.90 Å². The molecule has 6 nitrogen and oxygen atoms in total. The second-order valence-electron chi connectivity index (χ2n) is 6.59. The van der Waals surface area contributed by atoms with Crippen LogP contribution in [-0.2, 0) is 10.0 Å². The molecule has 0 aromatic heterocycles. The Morgan fingerprint density at radius 1 is 1.04 bits per heavy atom. The van der Waals surface area contributed by atoms with Gasteiger partial charge in [-0.2, -0.15) is 4.31 Å². The van der Waals surface area contributed by atoms with E-state index in [1.54, 1.807) is 22.5 Å². The summed E-state index contributed by atoms with van der Waals surface area (Å²) in [5, 5.41) is 0. The lowest BCUT2D eigenvalue weighted by Crippen LogP contribution is -2.40. The predicted molar refractivity (Wildman–Crippen MR) is 98.8 cm³/mol. The molecule has 1 heterocycles. The van der Waals surface area contributed by atoms with E-state index in [0.29, 0.717) is 37.8 Å². The minimum absolute atomic E-state index is 0.253. The molecule has 142 valence electrons. The zero-order valence-electron chi connectivity index (χ0n) is 15.7. The third-order valence-corrected chi connectivity index (χ3v) is 6.14. The SMILES string of the molecule is CCN(CC)CCN(CC(C)C)S(=O)(=O)c1ccc2c(c1)OCCO2. The summed E-state index contributed by atoms with van der Waals surface area (Å²) in [4.78, 5) is 2.49. The van der Waals surface area contributed by atoms with Crippen molar-refractivity contribution in [2.75, 3.05) is 45.9 Å². The van der Waals surface area contributed by atoms with Gasteiger partial charge in [-0.1, -0.05) is 27.7 Å². The summed E-state index contributed by atoms with van der Waals surface area (Å²) in [5.41, 5.74) is 0. The average molecular weight is 371 g/mol. The highest BCUT2D eigenvalue weighted by Gasteiger charge is 2.27. The fraction of sp³-hybridized carbons (Fsp3) is 0.667. The second-order valence-corrected chi connectivity index (χ2v) is 8.53.